The van der Waals surface area contributed by atoms with Gasteiger partial charge in [-0.15, -0.1) is 10.2 Å². The van der Waals surface area contributed by atoms with Gasteiger partial charge in [0.2, 0.25) is 5.13 Å². The van der Waals surface area contributed by atoms with Crippen molar-refractivity contribution in [3.8, 4) is 0 Å². The van der Waals surface area contributed by atoms with Crippen molar-refractivity contribution in [2.75, 3.05) is 10.0 Å². The Morgan fingerprint density at radius 1 is 1.00 bits per heavy atom. The summed E-state index contributed by atoms with van der Waals surface area (Å²) in [6.45, 7) is 2.00. The molecule has 0 bridgehead atoms. The Labute approximate surface area is 199 Å². The van der Waals surface area contributed by atoms with Crippen LogP contribution in [0.3, 0.4) is 0 Å². The Morgan fingerprint density at radius 3 is 2.59 bits per heavy atom. The van der Waals surface area contributed by atoms with Crippen molar-refractivity contribution in [2.24, 2.45) is 0 Å². The van der Waals surface area contributed by atoms with Crippen molar-refractivity contribution in [1.29, 1.82) is 0 Å². The summed E-state index contributed by atoms with van der Waals surface area (Å²) < 4.78 is 32.9. The molecular formula is C22H19N5O5S2. The van der Waals surface area contributed by atoms with Crippen molar-refractivity contribution in [2.45, 2.75) is 17.8 Å². The predicted octanol–water partition coefficient (Wildman–Crippen LogP) is 3.42. The fourth-order valence-corrected chi connectivity index (χ4v) is 4.93. The number of anilines is 2. The molecule has 0 saturated carbocycles. The first-order chi connectivity index (χ1) is 16.3. The molecule has 3 N–H and O–H groups in total. The highest BCUT2D eigenvalue weighted by molar-refractivity contribution is 7.94. The lowest BCUT2D eigenvalue weighted by molar-refractivity contribution is 0.0948. The maximum atomic E-state index is 12.9. The second kappa shape index (κ2) is 9.85. The molecule has 0 radical (unpaired) electrons. The zero-order chi connectivity index (χ0) is 24.1. The molecule has 2 heterocycles. The van der Waals surface area contributed by atoms with E-state index in [2.05, 4.69) is 25.6 Å². The molecule has 12 heteroatoms. The molecule has 0 atom stereocenters. The smallest absolute Gasteiger partial charge is 0.291 e. The Hall–Kier alpha value is -4.03. The van der Waals surface area contributed by atoms with Crippen molar-refractivity contribution < 1.29 is 22.4 Å². The van der Waals surface area contributed by atoms with E-state index in [1.54, 1.807) is 42.5 Å². The SMILES string of the molecule is Cc1cccc(C(=O)Nc2nnc(S(=O)(=O)Nc3ccccc3C(=O)NCc3ccco3)s2)c1. The summed E-state index contributed by atoms with van der Waals surface area (Å²) in [5, 5.41) is 12.7. The van der Waals surface area contributed by atoms with Crippen LogP contribution in [0.25, 0.3) is 0 Å². The summed E-state index contributed by atoms with van der Waals surface area (Å²) in [4.78, 5) is 25.0. The first-order valence-electron chi connectivity index (χ1n) is 9.96. The first kappa shape index (κ1) is 23.1. The molecular weight excluding hydrogens is 478 g/mol. The average molecular weight is 498 g/mol. The topological polar surface area (TPSA) is 143 Å². The first-order valence-corrected chi connectivity index (χ1v) is 12.3. The summed E-state index contributed by atoms with van der Waals surface area (Å²) in [5.41, 5.74) is 1.51. The number of carbonyl (C=O) groups excluding carboxylic acids is 2. The van der Waals surface area contributed by atoms with E-state index in [0.29, 0.717) is 22.7 Å². The highest BCUT2D eigenvalue weighted by Gasteiger charge is 2.23. The number of hydrogen-bond acceptors (Lipinski definition) is 8. The normalized spacial score (nSPS) is 11.1. The van der Waals surface area contributed by atoms with Gasteiger partial charge in [0.1, 0.15) is 5.76 Å². The van der Waals surface area contributed by atoms with Crippen LogP contribution in [0.1, 0.15) is 32.0 Å². The molecule has 2 amide bonds. The minimum Gasteiger partial charge on any atom is -0.467 e. The number of furan rings is 1. The van der Waals surface area contributed by atoms with Gasteiger partial charge in [0.15, 0.2) is 0 Å². The Balaban J connectivity index is 1.47. The van der Waals surface area contributed by atoms with Gasteiger partial charge < -0.3 is 9.73 Å². The lowest BCUT2D eigenvalue weighted by atomic mass is 10.1. The van der Waals surface area contributed by atoms with Crippen molar-refractivity contribution >= 4 is 44.0 Å². The van der Waals surface area contributed by atoms with Gasteiger partial charge in [0.25, 0.3) is 26.2 Å². The molecule has 174 valence electrons. The molecule has 0 aliphatic heterocycles. The van der Waals surface area contributed by atoms with E-state index in [9.17, 15) is 18.0 Å². The molecule has 0 aliphatic rings. The maximum absolute atomic E-state index is 12.9. The lowest BCUT2D eigenvalue weighted by Gasteiger charge is -2.11. The number of nitrogens with zero attached hydrogens (tertiary/aromatic N) is 2. The van der Waals surface area contributed by atoms with Gasteiger partial charge in [-0.25, -0.2) is 0 Å². The van der Waals surface area contributed by atoms with E-state index in [-0.39, 0.29) is 27.3 Å². The van der Waals surface area contributed by atoms with Crippen LogP contribution in [0.4, 0.5) is 10.8 Å². The van der Waals surface area contributed by atoms with Crippen LogP contribution in [0, 0.1) is 6.92 Å². The molecule has 2 aromatic carbocycles. The molecule has 0 unspecified atom stereocenters. The highest BCUT2D eigenvalue weighted by atomic mass is 32.2. The van der Waals surface area contributed by atoms with Crippen molar-refractivity contribution in [3.05, 3.63) is 89.4 Å². The Morgan fingerprint density at radius 2 is 1.82 bits per heavy atom. The van der Waals surface area contributed by atoms with Gasteiger partial charge in [-0.2, -0.15) is 8.42 Å². The summed E-state index contributed by atoms with van der Waals surface area (Å²) >= 11 is 0.691. The highest BCUT2D eigenvalue weighted by Crippen LogP contribution is 2.25. The zero-order valence-electron chi connectivity index (χ0n) is 17.8. The minimum atomic E-state index is -4.17. The number of aryl methyl sites for hydroxylation is 1. The third-order valence-electron chi connectivity index (χ3n) is 4.56. The summed E-state index contributed by atoms with van der Waals surface area (Å²) in [5.74, 6) is -0.367. The van der Waals surface area contributed by atoms with Gasteiger partial charge >= 0.3 is 0 Å². The predicted molar refractivity (Wildman–Crippen MR) is 126 cm³/mol. The van der Waals surface area contributed by atoms with E-state index in [1.807, 2.05) is 13.0 Å². The number of aromatic nitrogens is 2. The molecule has 34 heavy (non-hydrogen) atoms. The van der Waals surface area contributed by atoms with Crippen LogP contribution >= 0.6 is 11.3 Å². The molecule has 2 aromatic heterocycles. The molecule has 0 aliphatic carbocycles. The number of nitrogens with one attached hydrogen (secondary N) is 3. The number of benzene rings is 2. The van der Waals surface area contributed by atoms with Crippen LogP contribution in [-0.2, 0) is 16.6 Å². The number of sulfonamides is 1. The van der Waals surface area contributed by atoms with E-state index < -0.39 is 21.8 Å². The number of hydrogen-bond donors (Lipinski definition) is 3. The van der Waals surface area contributed by atoms with Crippen LogP contribution in [0.15, 0.2) is 75.7 Å². The van der Waals surface area contributed by atoms with Crippen LogP contribution in [0.5, 0.6) is 0 Å². The maximum Gasteiger partial charge on any atom is 0.291 e. The Kier molecular flexibility index (Phi) is 6.70. The fraction of sp³-hybridized carbons (Fsp3) is 0.0909. The standard InChI is InChI=1S/C22H19N5O5S2/c1-14-6-4-7-15(12-14)19(28)24-21-25-26-22(33-21)34(30,31)27-18-10-3-2-9-17(18)20(29)23-13-16-8-5-11-32-16/h2-12,27H,13H2,1H3,(H,23,29)(H,24,25,28). The third kappa shape index (κ3) is 5.47. The minimum absolute atomic E-state index is 0.0244. The molecule has 0 saturated heterocycles. The van der Waals surface area contributed by atoms with E-state index >= 15 is 0 Å². The molecule has 10 nitrogen and oxygen atoms in total. The number of amides is 2. The average Bonchev–Trinajstić information content (AvgIpc) is 3.50. The van der Waals surface area contributed by atoms with Crippen LogP contribution < -0.4 is 15.4 Å². The van der Waals surface area contributed by atoms with Crippen molar-refractivity contribution in [3.63, 3.8) is 0 Å². The zero-order valence-corrected chi connectivity index (χ0v) is 19.4. The third-order valence-corrected chi connectivity index (χ3v) is 7.13. The lowest BCUT2D eigenvalue weighted by Crippen LogP contribution is -2.24. The van der Waals surface area contributed by atoms with Gasteiger partial charge in [-0.05, 0) is 43.3 Å². The molecule has 4 rings (SSSR count). The van der Waals surface area contributed by atoms with Gasteiger partial charge in [-0.1, -0.05) is 41.2 Å². The van der Waals surface area contributed by atoms with Gasteiger partial charge in [0.05, 0.1) is 24.1 Å². The largest absolute Gasteiger partial charge is 0.467 e. The fourth-order valence-electron chi connectivity index (χ4n) is 2.96. The second-order valence-electron chi connectivity index (χ2n) is 7.11. The monoisotopic (exact) mass is 497 g/mol. The molecule has 0 fully saturated rings. The van der Waals surface area contributed by atoms with Crippen LogP contribution in [0.2, 0.25) is 0 Å². The van der Waals surface area contributed by atoms with E-state index in [0.717, 1.165) is 5.56 Å². The molecule has 4 aromatic rings. The van der Waals surface area contributed by atoms with Crippen molar-refractivity contribution in [1.82, 2.24) is 15.5 Å². The van der Waals surface area contributed by atoms with Gasteiger partial charge in [-0.3, -0.25) is 19.6 Å². The number of para-hydroxylation sites is 1. The summed E-state index contributed by atoms with van der Waals surface area (Å²) in [6.07, 6.45) is 1.49. The molecule has 0 spiro atoms. The quantitative estimate of drug-likeness (QED) is 0.316. The van der Waals surface area contributed by atoms with Crippen LogP contribution in [-0.4, -0.2) is 30.4 Å². The van der Waals surface area contributed by atoms with E-state index in [1.165, 1.54) is 18.4 Å². The van der Waals surface area contributed by atoms with E-state index in [4.69, 9.17) is 4.42 Å². The summed E-state index contributed by atoms with van der Waals surface area (Å²) in [7, 11) is -4.17. The summed E-state index contributed by atoms with van der Waals surface area (Å²) in [6, 6.07) is 16.5. The second-order valence-corrected chi connectivity index (χ2v) is 9.94. The number of carbonyl (C=O) groups is 2. The number of rotatable bonds is 8. The van der Waals surface area contributed by atoms with Gasteiger partial charge in [0, 0.05) is 5.56 Å². The Bertz CT molecular complexity index is 1430.